The van der Waals surface area contributed by atoms with Crippen LogP contribution in [0.4, 0.5) is 0 Å². The van der Waals surface area contributed by atoms with Crippen LogP contribution >= 0.6 is 0 Å². The predicted molar refractivity (Wildman–Crippen MR) is 35.6 cm³/mol. The Balaban J connectivity index is 3.05. The maximum atomic E-state index is 4.96. The molecule has 0 aliphatic rings. The number of hydrogen-bond donors (Lipinski definition) is 0. The first-order chi connectivity index (χ1) is 3.77. The lowest BCUT2D eigenvalue weighted by Gasteiger charge is -1.95. The van der Waals surface area contributed by atoms with Crippen LogP contribution in [0.2, 0.25) is 0 Å². The molecule has 0 aromatic carbocycles. The van der Waals surface area contributed by atoms with Crippen molar-refractivity contribution < 1.29 is 4.74 Å². The Hall–Kier alpha value is -0.720. The summed E-state index contributed by atoms with van der Waals surface area (Å²) >= 11 is 0. The molecule has 0 saturated heterocycles. The van der Waals surface area contributed by atoms with Gasteiger partial charge in [-0.1, -0.05) is 12.7 Å². The highest BCUT2D eigenvalue weighted by molar-refractivity contribution is 4.88. The van der Waals surface area contributed by atoms with E-state index in [0.717, 1.165) is 5.57 Å². The van der Waals surface area contributed by atoms with Crippen LogP contribution in [0, 0.1) is 0 Å². The Kier molecular flexibility index (Phi) is 4.04. The second kappa shape index (κ2) is 4.44. The van der Waals surface area contributed by atoms with Gasteiger partial charge in [0.15, 0.2) is 0 Å². The Bertz CT molecular complexity index is 92.6. The van der Waals surface area contributed by atoms with Gasteiger partial charge >= 0.3 is 0 Å². The normalized spacial score (nSPS) is 9.75. The number of rotatable bonds is 3. The molecule has 0 bridgehead atoms. The monoisotopic (exact) mass is 112 g/mol. The van der Waals surface area contributed by atoms with Gasteiger partial charge in [0.1, 0.15) is 6.61 Å². The lowest BCUT2D eigenvalue weighted by Crippen LogP contribution is -1.85. The molecule has 0 aromatic rings. The summed E-state index contributed by atoms with van der Waals surface area (Å²) in [6.07, 6.45) is 3.51. The van der Waals surface area contributed by atoms with Crippen LogP contribution in [0.3, 0.4) is 0 Å². The highest BCUT2D eigenvalue weighted by Gasteiger charge is 1.78. The average molecular weight is 112 g/mol. The molecule has 0 amide bonds. The van der Waals surface area contributed by atoms with Crippen molar-refractivity contribution in [3.63, 3.8) is 0 Å². The van der Waals surface area contributed by atoms with Crippen LogP contribution in [0.15, 0.2) is 24.5 Å². The molecule has 0 N–H and O–H groups in total. The van der Waals surface area contributed by atoms with Gasteiger partial charge in [0, 0.05) is 0 Å². The van der Waals surface area contributed by atoms with Crippen LogP contribution in [-0.2, 0) is 4.74 Å². The Labute approximate surface area is 50.7 Å². The molecule has 0 fully saturated rings. The summed E-state index contributed by atoms with van der Waals surface area (Å²) in [6, 6.07) is 0. The third kappa shape index (κ3) is 5.28. The molecule has 0 atom stereocenters. The number of ether oxygens (including phenoxy) is 1. The summed E-state index contributed by atoms with van der Waals surface area (Å²) in [7, 11) is 0. The van der Waals surface area contributed by atoms with Crippen molar-refractivity contribution in [3.8, 4) is 0 Å². The molecule has 0 aliphatic carbocycles. The van der Waals surface area contributed by atoms with E-state index in [9.17, 15) is 0 Å². The fourth-order valence-electron chi connectivity index (χ4n) is 0.287. The lowest BCUT2D eigenvalue weighted by molar-refractivity contribution is 0.280. The van der Waals surface area contributed by atoms with Crippen LogP contribution < -0.4 is 0 Å². The van der Waals surface area contributed by atoms with Crippen LogP contribution in [0.1, 0.15) is 13.8 Å². The molecule has 0 radical (unpaired) electrons. The Morgan fingerprint density at radius 3 is 2.75 bits per heavy atom. The topological polar surface area (TPSA) is 9.23 Å². The first-order valence-corrected chi connectivity index (χ1v) is 2.64. The average Bonchev–Trinajstić information content (AvgIpc) is 1.66. The molecule has 0 spiro atoms. The van der Waals surface area contributed by atoms with E-state index in [0.29, 0.717) is 6.61 Å². The van der Waals surface area contributed by atoms with Crippen LogP contribution in [0.5, 0.6) is 0 Å². The third-order valence-electron chi connectivity index (χ3n) is 0.562. The van der Waals surface area contributed by atoms with Gasteiger partial charge in [-0.3, -0.25) is 0 Å². The zero-order valence-corrected chi connectivity index (χ0v) is 5.48. The minimum Gasteiger partial charge on any atom is -0.497 e. The van der Waals surface area contributed by atoms with Gasteiger partial charge in [-0.25, -0.2) is 0 Å². The maximum absolute atomic E-state index is 4.96. The Morgan fingerprint density at radius 2 is 2.38 bits per heavy atom. The van der Waals surface area contributed by atoms with Crippen molar-refractivity contribution in [2.75, 3.05) is 6.61 Å². The SMILES string of the molecule is C=C(C)CO/C=C\C. The summed E-state index contributed by atoms with van der Waals surface area (Å²) < 4.78 is 4.96. The van der Waals surface area contributed by atoms with Crippen molar-refractivity contribution in [3.05, 3.63) is 24.5 Å². The largest absolute Gasteiger partial charge is 0.497 e. The van der Waals surface area contributed by atoms with Gasteiger partial charge in [0.25, 0.3) is 0 Å². The van der Waals surface area contributed by atoms with E-state index in [1.54, 1.807) is 6.26 Å². The van der Waals surface area contributed by atoms with Gasteiger partial charge in [-0.2, -0.15) is 0 Å². The highest BCUT2D eigenvalue weighted by Crippen LogP contribution is 1.87. The predicted octanol–water partition coefficient (Wildman–Crippen LogP) is 2.11. The molecule has 0 saturated carbocycles. The maximum Gasteiger partial charge on any atom is 0.108 e. The summed E-state index contributed by atoms with van der Waals surface area (Å²) in [5, 5.41) is 0. The first kappa shape index (κ1) is 7.28. The standard InChI is InChI=1S/C7H12O/c1-4-5-8-6-7(2)3/h4-5H,2,6H2,1,3H3/b5-4-. The van der Waals surface area contributed by atoms with Gasteiger partial charge < -0.3 is 4.74 Å². The third-order valence-corrected chi connectivity index (χ3v) is 0.562. The molecule has 1 heteroatoms. The molecule has 46 valence electrons. The quantitative estimate of drug-likeness (QED) is 0.401. The van der Waals surface area contributed by atoms with Crippen LogP contribution in [0.25, 0.3) is 0 Å². The highest BCUT2D eigenvalue weighted by atomic mass is 16.5. The van der Waals surface area contributed by atoms with E-state index in [4.69, 9.17) is 4.74 Å². The van der Waals surface area contributed by atoms with Crippen LogP contribution in [-0.4, -0.2) is 6.61 Å². The molecule has 1 nitrogen and oxygen atoms in total. The van der Waals surface area contributed by atoms with Crippen molar-refractivity contribution >= 4 is 0 Å². The summed E-state index contributed by atoms with van der Waals surface area (Å²) in [6.45, 7) is 8.15. The minimum atomic E-state index is 0.629. The van der Waals surface area contributed by atoms with Crippen molar-refractivity contribution in [2.24, 2.45) is 0 Å². The lowest BCUT2D eigenvalue weighted by atomic mass is 10.4. The van der Waals surface area contributed by atoms with Crippen molar-refractivity contribution in [2.45, 2.75) is 13.8 Å². The summed E-state index contributed by atoms with van der Waals surface area (Å²) in [4.78, 5) is 0. The smallest absolute Gasteiger partial charge is 0.108 e. The van der Waals surface area contributed by atoms with E-state index in [1.807, 2.05) is 19.9 Å². The molecular formula is C7H12O. The molecule has 0 aliphatic heterocycles. The molecule has 8 heavy (non-hydrogen) atoms. The minimum absolute atomic E-state index is 0.629. The molecule has 0 aromatic heterocycles. The second-order valence-corrected chi connectivity index (χ2v) is 1.74. The zero-order chi connectivity index (χ0) is 6.41. The van der Waals surface area contributed by atoms with E-state index >= 15 is 0 Å². The second-order valence-electron chi connectivity index (χ2n) is 1.74. The van der Waals surface area contributed by atoms with Gasteiger partial charge in [0.05, 0.1) is 6.26 Å². The summed E-state index contributed by atoms with van der Waals surface area (Å²) in [5.74, 6) is 0. The fraction of sp³-hybridized carbons (Fsp3) is 0.429. The van der Waals surface area contributed by atoms with Crippen molar-refractivity contribution in [1.29, 1.82) is 0 Å². The molecule has 0 unspecified atom stereocenters. The van der Waals surface area contributed by atoms with Gasteiger partial charge in [0.2, 0.25) is 0 Å². The number of hydrogen-bond acceptors (Lipinski definition) is 1. The van der Waals surface area contributed by atoms with Gasteiger partial charge in [-0.15, -0.1) is 0 Å². The van der Waals surface area contributed by atoms with E-state index in [-0.39, 0.29) is 0 Å². The van der Waals surface area contributed by atoms with Gasteiger partial charge in [-0.05, 0) is 19.4 Å². The molecular weight excluding hydrogens is 100 g/mol. The first-order valence-electron chi connectivity index (χ1n) is 2.64. The molecule has 0 rings (SSSR count). The zero-order valence-electron chi connectivity index (χ0n) is 5.48. The van der Waals surface area contributed by atoms with E-state index < -0.39 is 0 Å². The molecule has 0 heterocycles. The Morgan fingerprint density at radius 1 is 1.75 bits per heavy atom. The summed E-state index contributed by atoms with van der Waals surface area (Å²) in [5.41, 5.74) is 1.04. The fourth-order valence-corrected chi connectivity index (χ4v) is 0.287. The van der Waals surface area contributed by atoms with E-state index in [2.05, 4.69) is 6.58 Å². The number of allylic oxidation sites excluding steroid dienone is 1. The van der Waals surface area contributed by atoms with E-state index in [1.165, 1.54) is 0 Å². The van der Waals surface area contributed by atoms with Crippen molar-refractivity contribution in [1.82, 2.24) is 0 Å².